The molecule has 0 spiro atoms. The number of amides is 3. The lowest BCUT2D eigenvalue weighted by atomic mass is 9.94. The van der Waals surface area contributed by atoms with Crippen LogP contribution in [0.2, 0.25) is 5.02 Å². The third-order valence-corrected chi connectivity index (χ3v) is 6.99. The van der Waals surface area contributed by atoms with Crippen LogP contribution in [-0.2, 0) is 4.79 Å². The summed E-state index contributed by atoms with van der Waals surface area (Å²) in [4.78, 5) is 44.1. The standard InChI is InChI=1S/C26H26ClN3O4/c27-21-7-5-18(6-8-21)24(31)28-11-9-19(10-12-28)25(32)29-13-15-30(16-14-29)26(33)23-17-20-3-1-2-4-22(20)34-23/h1-8,17,19H,9-16H2. The zero-order valence-corrected chi connectivity index (χ0v) is 19.5. The van der Waals surface area contributed by atoms with E-state index in [4.69, 9.17) is 16.0 Å². The minimum Gasteiger partial charge on any atom is -0.451 e. The number of nitrogens with zero attached hydrogens (tertiary/aromatic N) is 3. The summed E-state index contributed by atoms with van der Waals surface area (Å²) in [6, 6.07) is 16.2. The first-order valence-corrected chi connectivity index (χ1v) is 12.0. The van der Waals surface area contributed by atoms with E-state index in [0.717, 1.165) is 5.39 Å². The maximum absolute atomic E-state index is 13.1. The number of piperidine rings is 1. The number of piperazine rings is 1. The molecule has 2 aliphatic rings. The summed E-state index contributed by atoms with van der Waals surface area (Å²) in [7, 11) is 0. The highest BCUT2D eigenvalue weighted by atomic mass is 35.5. The summed E-state index contributed by atoms with van der Waals surface area (Å²) in [6.45, 7) is 3.10. The number of carbonyl (C=O) groups is 3. The van der Waals surface area contributed by atoms with Gasteiger partial charge in [-0.05, 0) is 49.2 Å². The fourth-order valence-electron chi connectivity index (χ4n) is 4.74. The van der Waals surface area contributed by atoms with Gasteiger partial charge in [0, 0.05) is 61.2 Å². The summed E-state index contributed by atoms with van der Waals surface area (Å²) in [5.74, 6) is 0.192. The van der Waals surface area contributed by atoms with Crippen molar-refractivity contribution in [3.8, 4) is 0 Å². The molecule has 0 bridgehead atoms. The number of para-hydroxylation sites is 1. The Balaban J connectivity index is 1.12. The van der Waals surface area contributed by atoms with Crippen molar-refractivity contribution < 1.29 is 18.8 Å². The number of fused-ring (bicyclic) bond motifs is 1. The molecule has 0 unspecified atom stereocenters. The van der Waals surface area contributed by atoms with Crippen molar-refractivity contribution in [2.75, 3.05) is 39.3 Å². The Bertz CT molecular complexity index is 1170. The van der Waals surface area contributed by atoms with Crippen molar-refractivity contribution in [3.05, 3.63) is 70.9 Å². The molecule has 34 heavy (non-hydrogen) atoms. The largest absolute Gasteiger partial charge is 0.451 e. The van der Waals surface area contributed by atoms with E-state index < -0.39 is 0 Å². The van der Waals surface area contributed by atoms with Crippen LogP contribution in [0.4, 0.5) is 0 Å². The van der Waals surface area contributed by atoms with E-state index in [-0.39, 0.29) is 23.6 Å². The number of hydrogen-bond acceptors (Lipinski definition) is 4. The lowest BCUT2D eigenvalue weighted by molar-refractivity contribution is -0.138. The average molecular weight is 480 g/mol. The smallest absolute Gasteiger partial charge is 0.289 e. The number of carbonyl (C=O) groups excluding carboxylic acids is 3. The van der Waals surface area contributed by atoms with Crippen molar-refractivity contribution in [1.82, 2.24) is 14.7 Å². The zero-order chi connectivity index (χ0) is 23.7. The molecule has 3 amide bonds. The first-order chi connectivity index (χ1) is 16.5. The molecule has 0 aliphatic carbocycles. The van der Waals surface area contributed by atoms with Gasteiger partial charge in [0.2, 0.25) is 5.91 Å². The summed E-state index contributed by atoms with van der Waals surface area (Å²) in [6.07, 6.45) is 1.30. The molecule has 5 rings (SSSR count). The molecule has 3 aromatic rings. The minimum atomic E-state index is -0.141. The van der Waals surface area contributed by atoms with Crippen molar-refractivity contribution in [2.45, 2.75) is 12.8 Å². The first-order valence-electron chi connectivity index (χ1n) is 11.6. The van der Waals surface area contributed by atoms with Crippen molar-refractivity contribution >= 4 is 40.3 Å². The predicted molar refractivity (Wildman–Crippen MR) is 129 cm³/mol. The molecular weight excluding hydrogens is 454 g/mol. The van der Waals surface area contributed by atoms with Gasteiger partial charge < -0.3 is 19.1 Å². The van der Waals surface area contributed by atoms with Crippen LogP contribution in [-0.4, -0.2) is 71.7 Å². The van der Waals surface area contributed by atoms with Crippen LogP contribution >= 0.6 is 11.6 Å². The molecule has 0 saturated carbocycles. The molecule has 2 saturated heterocycles. The molecular formula is C26H26ClN3O4. The normalized spacial score (nSPS) is 17.3. The minimum absolute atomic E-state index is 0.0275. The fraction of sp³-hybridized carbons (Fsp3) is 0.346. The predicted octanol–water partition coefficient (Wildman–Crippen LogP) is 3.92. The molecule has 176 valence electrons. The molecule has 0 radical (unpaired) electrons. The van der Waals surface area contributed by atoms with E-state index in [1.54, 1.807) is 40.1 Å². The molecule has 7 nitrogen and oxygen atoms in total. The molecule has 0 atom stereocenters. The molecule has 2 aliphatic heterocycles. The molecule has 8 heteroatoms. The van der Waals surface area contributed by atoms with Gasteiger partial charge in [0.15, 0.2) is 5.76 Å². The fourth-order valence-corrected chi connectivity index (χ4v) is 4.86. The highest BCUT2D eigenvalue weighted by molar-refractivity contribution is 6.30. The Morgan fingerprint density at radius 3 is 2.06 bits per heavy atom. The second kappa shape index (κ2) is 9.50. The van der Waals surface area contributed by atoms with E-state index in [1.807, 2.05) is 29.2 Å². The monoisotopic (exact) mass is 479 g/mol. The lowest BCUT2D eigenvalue weighted by Crippen LogP contribution is -2.53. The summed E-state index contributed by atoms with van der Waals surface area (Å²) < 4.78 is 5.71. The van der Waals surface area contributed by atoms with Gasteiger partial charge >= 0.3 is 0 Å². The van der Waals surface area contributed by atoms with E-state index in [0.29, 0.717) is 74.0 Å². The number of likely N-dealkylation sites (tertiary alicyclic amines) is 1. The van der Waals surface area contributed by atoms with E-state index in [1.165, 1.54) is 0 Å². The topological polar surface area (TPSA) is 74.1 Å². The summed E-state index contributed by atoms with van der Waals surface area (Å²) in [5, 5.41) is 1.50. The van der Waals surface area contributed by atoms with Gasteiger partial charge in [-0.3, -0.25) is 14.4 Å². The third kappa shape index (κ3) is 4.53. The first kappa shape index (κ1) is 22.5. The van der Waals surface area contributed by atoms with Crippen molar-refractivity contribution in [2.24, 2.45) is 5.92 Å². The van der Waals surface area contributed by atoms with Crippen LogP contribution in [0.5, 0.6) is 0 Å². The molecule has 3 heterocycles. The Kier molecular flexibility index (Phi) is 6.28. The number of rotatable bonds is 3. The Hall–Kier alpha value is -3.32. The number of hydrogen-bond donors (Lipinski definition) is 0. The van der Waals surface area contributed by atoms with Crippen LogP contribution in [0.15, 0.2) is 59.0 Å². The number of benzene rings is 2. The van der Waals surface area contributed by atoms with Crippen LogP contribution in [0.3, 0.4) is 0 Å². The van der Waals surface area contributed by atoms with Crippen molar-refractivity contribution in [3.63, 3.8) is 0 Å². The molecule has 2 fully saturated rings. The molecule has 1 aromatic heterocycles. The lowest BCUT2D eigenvalue weighted by Gasteiger charge is -2.38. The number of furan rings is 1. The van der Waals surface area contributed by atoms with Gasteiger partial charge in [-0.1, -0.05) is 29.8 Å². The Morgan fingerprint density at radius 1 is 0.765 bits per heavy atom. The van der Waals surface area contributed by atoms with Gasteiger partial charge in [-0.2, -0.15) is 0 Å². The molecule has 0 N–H and O–H groups in total. The average Bonchev–Trinajstić information content (AvgIpc) is 3.32. The maximum Gasteiger partial charge on any atom is 0.289 e. The third-order valence-electron chi connectivity index (χ3n) is 6.74. The second-order valence-electron chi connectivity index (χ2n) is 8.84. The highest BCUT2D eigenvalue weighted by Crippen LogP contribution is 2.24. The van der Waals surface area contributed by atoms with Gasteiger partial charge in [-0.15, -0.1) is 0 Å². The summed E-state index contributed by atoms with van der Waals surface area (Å²) in [5.41, 5.74) is 1.31. The van der Waals surface area contributed by atoms with Gasteiger partial charge in [0.1, 0.15) is 5.58 Å². The quantitative estimate of drug-likeness (QED) is 0.570. The van der Waals surface area contributed by atoms with E-state index >= 15 is 0 Å². The Morgan fingerprint density at radius 2 is 1.38 bits per heavy atom. The molecule has 2 aromatic carbocycles. The van der Waals surface area contributed by atoms with E-state index in [9.17, 15) is 14.4 Å². The van der Waals surface area contributed by atoms with Gasteiger partial charge in [0.25, 0.3) is 11.8 Å². The highest BCUT2D eigenvalue weighted by Gasteiger charge is 2.33. The van der Waals surface area contributed by atoms with Gasteiger partial charge in [-0.25, -0.2) is 0 Å². The van der Waals surface area contributed by atoms with Crippen LogP contribution in [0.1, 0.15) is 33.8 Å². The Labute approximate surface area is 202 Å². The van der Waals surface area contributed by atoms with Crippen LogP contribution in [0, 0.1) is 5.92 Å². The second-order valence-corrected chi connectivity index (χ2v) is 9.28. The van der Waals surface area contributed by atoms with Crippen LogP contribution in [0.25, 0.3) is 11.0 Å². The van der Waals surface area contributed by atoms with Gasteiger partial charge in [0.05, 0.1) is 0 Å². The van der Waals surface area contributed by atoms with E-state index in [2.05, 4.69) is 0 Å². The number of halogens is 1. The van der Waals surface area contributed by atoms with Crippen molar-refractivity contribution in [1.29, 1.82) is 0 Å². The zero-order valence-electron chi connectivity index (χ0n) is 18.8. The SMILES string of the molecule is O=C(c1ccc(Cl)cc1)N1CCC(C(=O)N2CCN(C(=O)c3cc4ccccc4o3)CC2)CC1. The maximum atomic E-state index is 13.1. The van der Waals surface area contributed by atoms with Crippen LogP contribution < -0.4 is 0 Å². The summed E-state index contributed by atoms with van der Waals surface area (Å²) >= 11 is 5.91.